The maximum Gasteiger partial charge on any atom is 0.0283 e. The first kappa shape index (κ1) is 14.9. The summed E-state index contributed by atoms with van der Waals surface area (Å²) in [4.78, 5) is 4.79. The Hall–Kier alpha value is -0.120. The predicted octanol–water partition coefficient (Wildman–Crippen LogP) is 1.63. The Morgan fingerprint density at radius 2 is 1.82 bits per heavy atom. The predicted molar refractivity (Wildman–Crippen MR) is 75.1 cm³/mol. The Bertz CT molecular complexity index is 220. The molecule has 1 aliphatic rings. The monoisotopic (exact) mass is 241 g/mol. The van der Waals surface area contributed by atoms with Gasteiger partial charge in [-0.1, -0.05) is 13.8 Å². The van der Waals surface area contributed by atoms with Gasteiger partial charge >= 0.3 is 0 Å². The Kier molecular flexibility index (Phi) is 5.42. The zero-order chi connectivity index (χ0) is 13.1. The Morgan fingerprint density at radius 1 is 1.24 bits per heavy atom. The molecule has 102 valence electrons. The molecular weight excluding hydrogens is 210 g/mol. The standard InChI is InChI=1S/C14H31N3/c1-12(2)10-17(9-8-16(4)5)11-14(3,15)13-6-7-13/h12-13H,6-11,15H2,1-5H3. The van der Waals surface area contributed by atoms with Crippen LogP contribution in [0.15, 0.2) is 0 Å². The summed E-state index contributed by atoms with van der Waals surface area (Å²) in [5.41, 5.74) is 6.46. The molecule has 1 saturated carbocycles. The molecule has 0 saturated heterocycles. The SMILES string of the molecule is CC(C)CN(CCN(C)C)CC(C)(N)C1CC1. The minimum atomic E-state index is 0.0151. The topological polar surface area (TPSA) is 32.5 Å². The van der Waals surface area contributed by atoms with Crippen molar-refractivity contribution in [1.29, 1.82) is 0 Å². The molecule has 1 fully saturated rings. The van der Waals surface area contributed by atoms with Crippen LogP contribution in [0.4, 0.5) is 0 Å². The van der Waals surface area contributed by atoms with Crippen LogP contribution in [-0.4, -0.2) is 55.6 Å². The fourth-order valence-corrected chi connectivity index (χ4v) is 2.45. The van der Waals surface area contributed by atoms with Crippen LogP contribution in [0.1, 0.15) is 33.6 Å². The van der Waals surface area contributed by atoms with Crippen molar-refractivity contribution in [2.45, 2.75) is 39.2 Å². The molecule has 1 atom stereocenters. The van der Waals surface area contributed by atoms with E-state index in [9.17, 15) is 0 Å². The highest BCUT2D eigenvalue weighted by atomic mass is 15.2. The van der Waals surface area contributed by atoms with Gasteiger partial charge in [-0.15, -0.1) is 0 Å². The van der Waals surface area contributed by atoms with E-state index in [-0.39, 0.29) is 5.54 Å². The van der Waals surface area contributed by atoms with Gasteiger partial charge in [-0.25, -0.2) is 0 Å². The number of nitrogens with zero attached hydrogens (tertiary/aromatic N) is 2. The number of rotatable bonds is 8. The smallest absolute Gasteiger partial charge is 0.0283 e. The fraction of sp³-hybridized carbons (Fsp3) is 1.00. The van der Waals surface area contributed by atoms with Crippen LogP contribution in [0.2, 0.25) is 0 Å². The highest BCUT2D eigenvalue weighted by molar-refractivity contribution is 4.97. The fourth-order valence-electron chi connectivity index (χ4n) is 2.45. The lowest BCUT2D eigenvalue weighted by molar-refractivity contribution is 0.170. The summed E-state index contributed by atoms with van der Waals surface area (Å²) in [6, 6.07) is 0. The molecule has 0 amide bonds. The molecule has 3 heteroatoms. The molecule has 0 aliphatic heterocycles. The Labute approximate surface area is 107 Å². The lowest BCUT2D eigenvalue weighted by Gasteiger charge is -2.34. The molecule has 0 bridgehead atoms. The van der Waals surface area contributed by atoms with Crippen molar-refractivity contribution < 1.29 is 0 Å². The largest absolute Gasteiger partial charge is 0.324 e. The summed E-state index contributed by atoms with van der Waals surface area (Å²) in [5.74, 6) is 1.48. The van der Waals surface area contributed by atoms with Crippen molar-refractivity contribution in [2.75, 3.05) is 40.3 Å². The van der Waals surface area contributed by atoms with Crippen molar-refractivity contribution in [3.8, 4) is 0 Å². The molecule has 0 spiro atoms. The molecule has 1 aliphatic carbocycles. The first-order chi connectivity index (χ1) is 7.81. The number of nitrogens with two attached hydrogens (primary N) is 1. The quantitative estimate of drug-likeness (QED) is 0.701. The van der Waals surface area contributed by atoms with Gasteiger partial charge in [0.05, 0.1) is 0 Å². The van der Waals surface area contributed by atoms with Gasteiger partial charge in [0, 0.05) is 31.7 Å². The minimum Gasteiger partial charge on any atom is -0.324 e. The van der Waals surface area contributed by atoms with E-state index in [1.54, 1.807) is 0 Å². The molecule has 1 unspecified atom stereocenters. The molecule has 0 aromatic carbocycles. The van der Waals surface area contributed by atoms with Crippen molar-refractivity contribution in [3.63, 3.8) is 0 Å². The van der Waals surface area contributed by atoms with Gasteiger partial charge in [-0.05, 0) is 45.7 Å². The number of hydrogen-bond acceptors (Lipinski definition) is 3. The zero-order valence-electron chi connectivity index (χ0n) is 12.4. The summed E-state index contributed by atoms with van der Waals surface area (Å²) in [7, 11) is 4.27. The maximum atomic E-state index is 6.45. The van der Waals surface area contributed by atoms with Gasteiger partial charge in [0.1, 0.15) is 0 Å². The van der Waals surface area contributed by atoms with E-state index in [2.05, 4.69) is 44.7 Å². The third kappa shape index (κ3) is 5.84. The van der Waals surface area contributed by atoms with E-state index in [0.717, 1.165) is 32.1 Å². The number of likely N-dealkylation sites (N-methyl/N-ethyl adjacent to an activating group) is 1. The van der Waals surface area contributed by atoms with Gasteiger partial charge < -0.3 is 10.6 Å². The highest BCUT2D eigenvalue weighted by Crippen LogP contribution is 2.38. The summed E-state index contributed by atoms with van der Waals surface area (Å²) in [6.07, 6.45) is 2.66. The van der Waals surface area contributed by atoms with Crippen LogP contribution in [0.5, 0.6) is 0 Å². The average molecular weight is 241 g/mol. The molecule has 0 aromatic rings. The molecule has 0 heterocycles. The van der Waals surface area contributed by atoms with Crippen LogP contribution >= 0.6 is 0 Å². The lowest BCUT2D eigenvalue weighted by Crippen LogP contribution is -2.51. The first-order valence-electron chi connectivity index (χ1n) is 6.97. The van der Waals surface area contributed by atoms with Crippen molar-refractivity contribution >= 4 is 0 Å². The highest BCUT2D eigenvalue weighted by Gasteiger charge is 2.39. The van der Waals surface area contributed by atoms with Gasteiger partial charge in [-0.3, -0.25) is 4.90 Å². The van der Waals surface area contributed by atoms with Crippen LogP contribution in [0, 0.1) is 11.8 Å². The van der Waals surface area contributed by atoms with E-state index in [1.165, 1.54) is 12.8 Å². The normalized spacial score (nSPS) is 20.3. The Morgan fingerprint density at radius 3 is 2.24 bits per heavy atom. The first-order valence-corrected chi connectivity index (χ1v) is 6.97. The van der Waals surface area contributed by atoms with E-state index in [1.807, 2.05) is 0 Å². The van der Waals surface area contributed by atoms with E-state index in [4.69, 9.17) is 5.73 Å². The lowest BCUT2D eigenvalue weighted by atomic mass is 9.96. The van der Waals surface area contributed by atoms with Gasteiger partial charge in [0.25, 0.3) is 0 Å². The maximum absolute atomic E-state index is 6.45. The third-order valence-corrected chi connectivity index (χ3v) is 3.56. The molecular formula is C14H31N3. The number of hydrogen-bond donors (Lipinski definition) is 1. The molecule has 0 aromatic heterocycles. The van der Waals surface area contributed by atoms with Crippen molar-refractivity contribution in [3.05, 3.63) is 0 Å². The van der Waals surface area contributed by atoms with Gasteiger partial charge in [0.15, 0.2) is 0 Å². The second kappa shape index (κ2) is 6.17. The molecule has 2 N–H and O–H groups in total. The van der Waals surface area contributed by atoms with Crippen molar-refractivity contribution in [2.24, 2.45) is 17.6 Å². The molecule has 3 nitrogen and oxygen atoms in total. The second-order valence-corrected chi connectivity index (χ2v) is 6.71. The van der Waals surface area contributed by atoms with Crippen molar-refractivity contribution in [1.82, 2.24) is 9.80 Å². The van der Waals surface area contributed by atoms with Crippen LogP contribution in [-0.2, 0) is 0 Å². The second-order valence-electron chi connectivity index (χ2n) is 6.71. The van der Waals surface area contributed by atoms with E-state index < -0.39 is 0 Å². The summed E-state index contributed by atoms with van der Waals surface area (Å²) in [6.45, 7) is 11.3. The van der Waals surface area contributed by atoms with Gasteiger partial charge in [-0.2, -0.15) is 0 Å². The van der Waals surface area contributed by atoms with Crippen LogP contribution < -0.4 is 5.73 Å². The molecule has 17 heavy (non-hydrogen) atoms. The summed E-state index contributed by atoms with van der Waals surface area (Å²) in [5, 5.41) is 0. The average Bonchev–Trinajstić information content (AvgIpc) is 2.95. The minimum absolute atomic E-state index is 0.0151. The molecule has 1 rings (SSSR count). The third-order valence-electron chi connectivity index (χ3n) is 3.56. The zero-order valence-corrected chi connectivity index (χ0v) is 12.4. The Balaban J connectivity index is 2.43. The molecule has 0 radical (unpaired) electrons. The van der Waals surface area contributed by atoms with Crippen LogP contribution in [0.3, 0.4) is 0 Å². The summed E-state index contributed by atoms with van der Waals surface area (Å²) < 4.78 is 0. The van der Waals surface area contributed by atoms with E-state index >= 15 is 0 Å². The summed E-state index contributed by atoms with van der Waals surface area (Å²) >= 11 is 0. The van der Waals surface area contributed by atoms with Gasteiger partial charge in [0.2, 0.25) is 0 Å². The van der Waals surface area contributed by atoms with Crippen LogP contribution in [0.25, 0.3) is 0 Å². The van der Waals surface area contributed by atoms with E-state index in [0.29, 0.717) is 5.92 Å².